The number of aryl methyl sites for hydroxylation is 1. The molecular weight excluding hydrogens is 390 g/mol. The fraction of sp³-hybridized carbons (Fsp3) is 0.320. The maximum Gasteiger partial charge on any atom is 0.264 e. The Labute approximate surface area is 179 Å². The summed E-state index contributed by atoms with van der Waals surface area (Å²) < 4.78 is 0. The number of ketones is 1. The minimum Gasteiger partial charge on any atom is -0.392 e. The first kappa shape index (κ1) is 19.7. The lowest BCUT2D eigenvalue weighted by atomic mass is 9.81. The van der Waals surface area contributed by atoms with Crippen molar-refractivity contribution in [2.24, 2.45) is 0 Å². The smallest absolute Gasteiger partial charge is 0.264 e. The lowest BCUT2D eigenvalue weighted by molar-refractivity contribution is -0.115. The number of benzene rings is 2. The summed E-state index contributed by atoms with van der Waals surface area (Å²) in [5, 5.41) is 24.2. The molecule has 6 heteroatoms. The van der Waals surface area contributed by atoms with Gasteiger partial charge in [0.05, 0.1) is 5.52 Å². The van der Waals surface area contributed by atoms with Crippen LogP contribution in [-0.2, 0) is 4.79 Å². The van der Waals surface area contributed by atoms with Gasteiger partial charge in [-0.3, -0.25) is 9.59 Å². The van der Waals surface area contributed by atoms with E-state index < -0.39 is 6.10 Å². The summed E-state index contributed by atoms with van der Waals surface area (Å²) >= 11 is 0. The first-order chi connectivity index (χ1) is 14.9. The molecule has 3 aromatic rings. The zero-order chi connectivity index (χ0) is 21.9. The number of H-pyrrole nitrogens is 1. The van der Waals surface area contributed by atoms with Gasteiger partial charge in [-0.15, -0.1) is 0 Å². The molecule has 2 unspecified atom stereocenters. The lowest BCUT2D eigenvalue weighted by Gasteiger charge is -2.23. The molecule has 0 bridgehead atoms. The van der Waals surface area contributed by atoms with Gasteiger partial charge in [0.15, 0.2) is 5.78 Å². The van der Waals surface area contributed by atoms with Crippen LogP contribution in [0.4, 0.5) is 0 Å². The number of aromatic amines is 1. The van der Waals surface area contributed by atoms with Crippen molar-refractivity contribution in [3.63, 3.8) is 0 Å². The van der Waals surface area contributed by atoms with Gasteiger partial charge in [0, 0.05) is 41.9 Å². The number of rotatable bonds is 2. The summed E-state index contributed by atoms with van der Waals surface area (Å²) in [4.78, 5) is 23.9. The summed E-state index contributed by atoms with van der Waals surface area (Å²) in [6.45, 7) is 4.00. The van der Waals surface area contributed by atoms with E-state index in [9.17, 15) is 14.7 Å². The highest BCUT2D eigenvalue weighted by Gasteiger charge is 2.40. The third-order valence-corrected chi connectivity index (χ3v) is 6.75. The Morgan fingerprint density at radius 2 is 2.03 bits per heavy atom. The molecule has 0 radical (unpaired) electrons. The van der Waals surface area contributed by atoms with Crippen LogP contribution in [0.25, 0.3) is 21.7 Å². The molecule has 5 rings (SSSR count). The molecule has 1 heterocycles. The van der Waals surface area contributed by atoms with Crippen LogP contribution in [0, 0.1) is 6.92 Å². The predicted octanol–water partition coefficient (Wildman–Crippen LogP) is 3.69. The SMILES string of the molecule is CN/C(C)=C1\C(O)c2c(cc(C)c3c2ccc2cc(=O)[nH]nc23)C1C1=CC(=O)CCC1. The first-order valence-corrected chi connectivity index (χ1v) is 10.7. The molecule has 0 saturated carbocycles. The summed E-state index contributed by atoms with van der Waals surface area (Å²) in [6, 6.07) is 7.52. The Hall–Kier alpha value is -3.25. The summed E-state index contributed by atoms with van der Waals surface area (Å²) in [5.41, 5.74) is 6.31. The van der Waals surface area contributed by atoms with E-state index in [1.807, 2.05) is 33.0 Å². The number of aromatic nitrogens is 2. The van der Waals surface area contributed by atoms with Gasteiger partial charge >= 0.3 is 0 Å². The Morgan fingerprint density at radius 3 is 2.77 bits per heavy atom. The standard InChI is InChI=1S/C25H25N3O3/c1-12-9-18-22(14-5-4-6-16(29)10-14)21(13(2)26-3)25(31)23(18)17-8-7-15-11-19(30)27-28-24(15)20(12)17/h7-11,22,25-26,31H,4-6H2,1-3H3,(H,27,30)/b21-13-. The van der Waals surface area contributed by atoms with Crippen molar-refractivity contribution in [2.45, 2.75) is 45.1 Å². The van der Waals surface area contributed by atoms with Gasteiger partial charge in [-0.1, -0.05) is 23.8 Å². The van der Waals surface area contributed by atoms with Gasteiger partial charge in [0.1, 0.15) is 6.10 Å². The second kappa shape index (κ2) is 7.17. The molecule has 158 valence electrons. The van der Waals surface area contributed by atoms with Gasteiger partial charge in [-0.05, 0) is 60.4 Å². The molecule has 1 aromatic heterocycles. The number of nitrogens with zero attached hydrogens (tertiary/aromatic N) is 1. The van der Waals surface area contributed by atoms with Crippen LogP contribution in [-0.4, -0.2) is 28.1 Å². The van der Waals surface area contributed by atoms with E-state index in [1.54, 1.807) is 12.1 Å². The minimum atomic E-state index is -0.784. The number of nitrogens with one attached hydrogen (secondary N) is 2. The average molecular weight is 415 g/mol. The van der Waals surface area contributed by atoms with Crippen LogP contribution in [0.15, 0.2) is 52.0 Å². The van der Waals surface area contributed by atoms with Crippen LogP contribution in [0.1, 0.15) is 54.9 Å². The van der Waals surface area contributed by atoms with Crippen LogP contribution < -0.4 is 10.9 Å². The summed E-state index contributed by atoms with van der Waals surface area (Å²) in [7, 11) is 1.85. The van der Waals surface area contributed by atoms with Crippen LogP contribution in [0.2, 0.25) is 0 Å². The predicted molar refractivity (Wildman–Crippen MR) is 121 cm³/mol. The van der Waals surface area contributed by atoms with Gasteiger partial charge < -0.3 is 10.4 Å². The maximum atomic E-state index is 12.2. The molecule has 6 nitrogen and oxygen atoms in total. The number of allylic oxidation sites excluding steroid dienone is 3. The lowest BCUT2D eigenvalue weighted by Crippen LogP contribution is -2.15. The Kier molecular flexibility index (Phi) is 4.55. The van der Waals surface area contributed by atoms with Crippen LogP contribution in [0.5, 0.6) is 0 Å². The van der Waals surface area contributed by atoms with E-state index in [0.29, 0.717) is 6.42 Å². The molecule has 2 atom stereocenters. The number of hydrogen-bond acceptors (Lipinski definition) is 5. The molecule has 0 aliphatic heterocycles. The van der Waals surface area contributed by atoms with Crippen molar-refractivity contribution in [3.8, 4) is 0 Å². The van der Waals surface area contributed by atoms with Gasteiger partial charge in [0.2, 0.25) is 0 Å². The number of carbonyl (C=O) groups excluding carboxylic acids is 1. The molecule has 2 aliphatic rings. The Bertz CT molecular complexity index is 1380. The second-order valence-electron chi connectivity index (χ2n) is 8.56. The van der Waals surface area contributed by atoms with Crippen LogP contribution in [0.3, 0.4) is 0 Å². The zero-order valence-electron chi connectivity index (χ0n) is 17.9. The van der Waals surface area contributed by atoms with Crippen molar-refractivity contribution in [3.05, 3.63) is 74.2 Å². The zero-order valence-corrected chi connectivity index (χ0v) is 17.9. The molecule has 0 amide bonds. The normalized spacial score (nSPS) is 22.6. The number of aliphatic hydroxyl groups is 1. The van der Waals surface area contributed by atoms with Crippen molar-refractivity contribution in [1.29, 1.82) is 0 Å². The highest BCUT2D eigenvalue weighted by molar-refractivity contribution is 6.09. The number of aliphatic hydroxyl groups excluding tert-OH is 1. The van der Waals surface area contributed by atoms with Gasteiger partial charge in [-0.2, -0.15) is 5.10 Å². The quantitative estimate of drug-likeness (QED) is 0.555. The van der Waals surface area contributed by atoms with Crippen molar-refractivity contribution >= 4 is 27.5 Å². The molecular formula is C25H25N3O3. The van der Waals surface area contributed by atoms with Crippen molar-refractivity contribution < 1.29 is 9.90 Å². The van der Waals surface area contributed by atoms with Gasteiger partial charge in [-0.25, -0.2) is 5.10 Å². The summed E-state index contributed by atoms with van der Waals surface area (Å²) in [6.07, 6.45) is 3.27. The first-order valence-electron chi connectivity index (χ1n) is 10.7. The van der Waals surface area contributed by atoms with E-state index in [0.717, 1.165) is 68.1 Å². The van der Waals surface area contributed by atoms with Crippen LogP contribution >= 0.6 is 0 Å². The Morgan fingerprint density at radius 1 is 1.23 bits per heavy atom. The second-order valence-corrected chi connectivity index (χ2v) is 8.56. The van der Waals surface area contributed by atoms with E-state index in [4.69, 9.17) is 0 Å². The fourth-order valence-electron chi connectivity index (χ4n) is 5.33. The molecule has 31 heavy (non-hydrogen) atoms. The van der Waals surface area contributed by atoms with Gasteiger partial charge in [0.25, 0.3) is 5.56 Å². The van der Waals surface area contributed by atoms with E-state index in [-0.39, 0.29) is 17.3 Å². The Balaban J connectivity index is 1.86. The highest BCUT2D eigenvalue weighted by atomic mass is 16.3. The highest BCUT2D eigenvalue weighted by Crippen LogP contribution is 2.53. The molecule has 0 saturated heterocycles. The van der Waals surface area contributed by atoms with E-state index in [2.05, 4.69) is 21.6 Å². The number of hydrogen-bond donors (Lipinski definition) is 3. The molecule has 3 N–H and O–H groups in total. The topological polar surface area (TPSA) is 95.1 Å². The third kappa shape index (κ3) is 2.93. The number of fused-ring (bicyclic) bond motifs is 5. The molecule has 2 aliphatic carbocycles. The fourth-order valence-corrected chi connectivity index (χ4v) is 5.33. The van der Waals surface area contributed by atoms with E-state index >= 15 is 0 Å². The largest absolute Gasteiger partial charge is 0.392 e. The van der Waals surface area contributed by atoms with Crippen molar-refractivity contribution in [1.82, 2.24) is 15.5 Å². The molecule has 2 aromatic carbocycles. The minimum absolute atomic E-state index is 0.121. The monoisotopic (exact) mass is 415 g/mol. The molecule has 0 spiro atoms. The van der Waals surface area contributed by atoms with E-state index in [1.165, 1.54) is 0 Å². The third-order valence-electron chi connectivity index (χ3n) is 6.75. The maximum absolute atomic E-state index is 12.2. The molecule has 0 fully saturated rings. The summed E-state index contributed by atoms with van der Waals surface area (Å²) in [5.74, 6) is 0.0337. The number of carbonyl (C=O) groups is 1. The van der Waals surface area contributed by atoms with Crippen molar-refractivity contribution in [2.75, 3.05) is 7.05 Å². The average Bonchev–Trinajstić information content (AvgIpc) is 3.04.